The molecule has 1 aliphatic heterocycles. The maximum absolute atomic E-state index is 12.3. The first-order chi connectivity index (χ1) is 10.7. The average Bonchev–Trinajstić information content (AvgIpc) is 3.17. The van der Waals surface area contributed by atoms with Crippen molar-refractivity contribution in [3.05, 3.63) is 36.8 Å². The van der Waals surface area contributed by atoms with Crippen LogP contribution in [0, 0.1) is 0 Å². The molecule has 1 N–H and O–H groups in total. The molecule has 0 spiro atoms. The first kappa shape index (κ1) is 14.7. The molecule has 0 aromatic carbocycles. The molecule has 1 fully saturated rings. The third-order valence-corrected chi connectivity index (χ3v) is 3.78. The van der Waals surface area contributed by atoms with Gasteiger partial charge in [-0.3, -0.25) is 9.69 Å². The standard InChI is InChI=1S/C14H19N5O3/c20-13-7-17(2-3-18-10-15-16-11-18)4-5-19(8-13)14(21)12-1-6-22-9-12/h1,6,9-11,13,20H,2-5,7-8H2. The number of aliphatic hydroxyl groups excluding tert-OH is 1. The van der Waals surface area contributed by atoms with Gasteiger partial charge in [0.2, 0.25) is 0 Å². The molecular weight excluding hydrogens is 286 g/mol. The molecule has 2 aromatic rings. The van der Waals surface area contributed by atoms with E-state index in [0.29, 0.717) is 25.2 Å². The Kier molecular flexibility index (Phi) is 4.50. The molecule has 3 rings (SSSR count). The van der Waals surface area contributed by atoms with Gasteiger partial charge in [-0.25, -0.2) is 0 Å². The Balaban J connectivity index is 1.57. The minimum Gasteiger partial charge on any atom is -0.472 e. The van der Waals surface area contributed by atoms with Crippen LogP contribution < -0.4 is 0 Å². The van der Waals surface area contributed by atoms with E-state index < -0.39 is 6.10 Å². The summed E-state index contributed by atoms with van der Waals surface area (Å²) in [7, 11) is 0. The third-order valence-electron chi connectivity index (χ3n) is 3.78. The van der Waals surface area contributed by atoms with Crippen LogP contribution in [0.25, 0.3) is 0 Å². The topological polar surface area (TPSA) is 87.6 Å². The molecule has 1 atom stereocenters. The lowest BCUT2D eigenvalue weighted by molar-refractivity contribution is 0.0663. The highest BCUT2D eigenvalue weighted by Gasteiger charge is 2.25. The molecule has 118 valence electrons. The maximum Gasteiger partial charge on any atom is 0.257 e. The van der Waals surface area contributed by atoms with Gasteiger partial charge >= 0.3 is 0 Å². The minimum absolute atomic E-state index is 0.103. The molecule has 1 aliphatic rings. The molecule has 8 heteroatoms. The van der Waals surface area contributed by atoms with Gasteiger partial charge in [0.05, 0.1) is 17.9 Å². The number of furan rings is 1. The van der Waals surface area contributed by atoms with Gasteiger partial charge in [0.1, 0.15) is 18.9 Å². The monoisotopic (exact) mass is 305 g/mol. The van der Waals surface area contributed by atoms with Gasteiger partial charge in [-0.15, -0.1) is 10.2 Å². The van der Waals surface area contributed by atoms with Gasteiger partial charge in [-0.1, -0.05) is 0 Å². The van der Waals surface area contributed by atoms with Crippen LogP contribution in [0.2, 0.25) is 0 Å². The Labute approximate surface area is 127 Å². The highest BCUT2D eigenvalue weighted by Crippen LogP contribution is 2.10. The Hall–Kier alpha value is -2.19. The average molecular weight is 305 g/mol. The molecular formula is C14H19N5O3. The largest absolute Gasteiger partial charge is 0.472 e. The SMILES string of the molecule is O=C(c1ccoc1)N1CCN(CCn2cnnc2)CC(O)C1. The zero-order valence-corrected chi connectivity index (χ0v) is 12.2. The second-order valence-corrected chi connectivity index (χ2v) is 5.42. The summed E-state index contributed by atoms with van der Waals surface area (Å²) in [5.74, 6) is -0.103. The molecule has 1 amide bonds. The molecule has 0 saturated carbocycles. The van der Waals surface area contributed by atoms with Crippen LogP contribution >= 0.6 is 0 Å². The van der Waals surface area contributed by atoms with E-state index in [1.807, 2.05) is 4.57 Å². The number of aromatic nitrogens is 3. The number of amides is 1. The second-order valence-electron chi connectivity index (χ2n) is 5.42. The molecule has 8 nitrogen and oxygen atoms in total. The number of β-amino-alcohol motifs (C(OH)–C–C–N with tert-alkyl or cyclic N) is 1. The van der Waals surface area contributed by atoms with E-state index in [9.17, 15) is 9.90 Å². The number of nitrogens with zero attached hydrogens (tertiary/aromatic N) is 5. The Morgan fingerprint density at radius 3 is 2.82 bits per heavy atom. The number of aliphatic hydroxyl groups is 1. The first-order valence-electron chi connectivity index (χ1n) is 7.26. The summed E-state index contributed by atoms with van der Waals surface area (Å²) >= 11 is 0. The molecule has 0 aliphatic carbocycles. The van der Waals surface area contributed by atoms with Crippen LogP contribution in [0.1, 0.15) is 10.4 Å². The van der Waals surface area contributed by atoms with Gasteiger partial charge in [0.25, 0.3) is 5.91 Å². The van der Waals surface area contributed by atoms with Crippen LogP contribution in [0.4, 0.5) is 0 Å². The fraction of sp³-hybridized carbons (Fsp3) is 0.500. The van der Waals surface area contributed by atoms with Crippen LogP contribution in [-0.4, -0.2) is 74.4 Å². The second kappa shape index (κ2) is 6.71. The Bertz CT molecular complexity index is 584. The zero-order chi connectivity index (χ0) is 15.4. The normalized spacial score (nSPS) is 20.0. The molecule has 0 bridgehead atoms. The number of hydrogen-bond donors (Lipinski definition) is 1. The lowest BCUT2D eigenvalue weighted by atomic mass is 10.2. The van der Waals surface area contributed by atoms with Crippen LogP contribution in [-0.2, 0) is 6.54 Å². The smallest absolute Gasteiger partial charge is 0.257 e. The summed E-state index contributed by atoms with van der Waals surface area (Å²) in [5.41, 5.74) is 0.519. The summed E-state index contributed by atoms with van der Waals surface area (Å²) < 4.78 is 6.85. The van der Waals surface area contributed by atoms with Crippen molar-refractivity contribution < 1.29 is 14.3 Å². The molecule has 1 saturated heterocycles. The van der Waals surface area contributed by atoms with Gasteiger partial charge in [0, 0.05) is 39.3 Å². The van der Waals surface area contributed by atoms with Crippen molar-refractivity contribution in [1.29, 1.82) is 0 Å². The van der Waals surface area contributed by atoms with E-state index in [1.165, 1.54) is 12.5 Å². The Morgan fingerprint density at radius 1 is 1.27 bits per heavy atom. The van der Waals surface area contributed by atoms with Crippen molar-refractivity contribution >= 4 is 5.91 Å². The molecule has 1 unspecified atom stereocenters. The van der Waals surface area contributed by atoms with Crippen molar-refractivity contribution in [1.82, 2.24) is 24.6 Å². The van der Waals surface area contributed by atoms with Crippen molar-refractivity contribution in [2.75, 3.05) is 32.7 Å². The Morgan fingerprint density at radius 2 is 2.09 bits per heavy atom. The van der Waals surface area contributed by atoms with E-state index in [-0.39, 0.29) is 5.91 Å². The third kappa shape index (κ3) is 3.52. The van der Waals surface area contributed by atoms with Gasteiger partial charge in [-0.2, -0.15) is 0 Å². The quantitative estimate of drug-likeness (QED) is 0.834. The van der Waals surface area contributed by atoms with E-state index in [0.717, 1.165) is 19.6 Å². The molecule has 22 heavy (non-hydrogen) atoms. The predicted molar refractivity (Wildman–Crippen MR) is 77.1 cm³/mol. The summed E-state index contributed by atoms with van der Waals surface area (Å²) in [4.78, 5) is 16.1. The van der Waals surface area contributed by atoms with Crippen LogP contribution in [0.5, 0.6) is 0 Å². The van der Waals surface area contributed by atoms with Gasteiger partial charge in [-0.05, 0) is 6.07 Å². The predicted octanol–water partition coefficient (Wildman–Crippen LogP) is -0.310. The molecule has 3 heterocycles. The fourth-order valence-corrected chi connectivity index (χ4v) is 2.61. The summed E-state index contributed by atoms with van der Waals surface area (Å²) in [6, 6.07) is 1.64. The van der Waals surface area contributed by atoms with Crippen molar-refractivity contribution in [3.8, 4) is 0 Å². The number of carbonyl (C=O) groups excluding carboxylic acids is 1. The molecule has 0 radical (unpaired) electrons. The van der Waals surface area contributed by atoms with Gasteiger partial charge in [0.15, 0.2) is 0 Å². The summed E-state index contributed by atoms with van der Waals surface area (Å²) in [6.07, 6.45) is 5.70. The minimum atomic E-state index is -0.556. The number of rotatable bonds is 4. The number of carbonyl (C=O) groups is 1. The van der Waals surface area contributed by atoms with Crippen molar-refractivity contribution in [2.24, 2.45) is 0 Å². The van der Waals surface area contributed by atoms with Gasteiger partial charge < -0.3 is 19.0 Å². The molecule has 2 aromatic heterocycles. The number of hydrogen-bond acceptors (Lipinski definition) is 6. The maximum atomic E-state index is 12.3. The van der Waals surface area contributed by atoms with Crippen molar-refractivity contribution in [2.45, 2.75) is 12.6 Å². The van der Waals surface area contributed by atoms with Crippen molar-refractivity contribution in [3.63, 3.8) is 0 Å². The lowest BCUT2D eigenvalue weighted by Crippen LogP contribution is -2.37. The fourth-order valence-electron chi connectivity index (χ4n) is 2.61. The first-order valence-corrected chi connectivity index (χ1v) is 7.26. The van der Waals surface area contributed by atoms with E-state index in [4.69, 9.17) is 4.42 Å². The van der Waals surface area contributed by atoms with Crippen LogP contribution in [0.15, 0.2) is 35.7 Å². The highest BCUT2D eigenvalue weighted by molar-refractivity contribution is 5.93. The summed E-state index contributed by atoms with van der Waals surface area (Å²) in [6.45, 7) is 3.74. The summed E-state index contributed by atoms with van der Waals surface area (Å²) in [5, 5.41) is 17.7. The lowest BCUT2D eigenvalue weighted by Gasteiger charge is -2.21. The highest BCUT2D eigenvalue weighted by atomic mass is 16.3. The van der Waals surface area contributed by atoms with E-state index in [2.05, 4.69) is 15.1 Å². The van der Waals surface area contributed by atoms with E-state index in [1.54, 1.807) is 23.6 Å². The van der Waals surface area contributed by atoms with E-state index >= 15 is 0 Å². The zero-order valence-electron chi connectivity index (χ0n) is 12.2. The van der Waals surface area contributed by atoms with Crippen LogP contribution in [0.3, 0.4) is 0 Å².